The van der Waals surface area contributed by atoms with Crippen molar-refractivity contribution in [3.8, 4) is 6.07 Å². The minimum absolute atomic E-state index is 0.0311. The molecule has 1 aromatic heterocycles. The van der Waals surface area contributed by atoms with Gasteiger partial charge in [-0.1, -0.05) is 0 Å². The third-order valence-corrected chi connectivity index (χ3v) is 4.55. The summed E-state index contributed by atoms with van der Waals surface area (Å²) >= 11 is 0. The summed E-state index contributed by atoms with van der Waals surface area (Å²) in [6.07, 6.45) is -2.19. The van der Waals surface area contributed by atoms with Gasteiger partial charge in [-0.2, -0.15) is 18.4 Å². The van der Waals surface area contributed by atoms with Gasteiger partial charge in [-0.25, -0.2) is 4.98 Å². The van der Waals surface area contributed by atoms with Gasteiger partial charge in [0.15, 0.2) is 5.78 Å². The summed E-state index contributed by atoms with van der Waals surface area (Å²) < 4.78 is 40.5. The number of nitriles is 1. The van der Waals surface area contributed by atoms with Crippen LogP contribution in [0.2, 0.25) is 0 Å². The van der Waals surface area contributed by atoms with Gasteiger partial charge in [0.1, 0.15) is 11.8 Å². The second kappa shape index (κ2) is 8.31. The van der Waals surface area contributed by atoms with Gasteiger partial charge in [0, 0.05) is 36.2 Å². The summed E-state index contributed by atoms with van der Waals surface area (Å²) in [5.41, 5.74) is -0.609. The Hall–Kier alpha value is -3.41. The molecule has 150 valence electrons. The molecule has 0 aliphatic carbocycles. The molecule has 0 atom stereocenters. The standard InChI is InChI=1S/C20H17F3N4O2/c21-20(22,23)16-10-14(3-4-17(16)27-7-1-2-8-27)26-19(29)11-18(28)13-5-6-25-15(9-13)12-24/h3-6,9-10H,1-2,7-8,11H2,(H,26,29). The molecule has 0 radical (unpaired) electrons. The van der Waals surface area contributed by atoms with E-state index >= 15 is 0 Å². The zero-order valence-corrected chi connectivity index (χ0v) is 15.3. The van der Waals surface area contributed by atoms with Crippen LogP contribution < -0.4 is 10.2 Å². The van der Waals surface area contributed by atoms with Crippen molar-refractivity contribution >= 4 is 23.1 Å². The van der Waals surface area contributed by atoms with Crippen molar-refractivity contribution in [2.45, 2.75) is 25.4 Å². The lowest BCUT2D eigenvalue weighted by atomic mass is 10.1. The smallest absolute Gasteiger partial charge is 0.371 e. The number of alkyl halides is 3. The highest BCUT2D eigenvalue weighted by Crippen LogP contribution is 2.39. The van der Waals surface area contributed by atoms with Gasteiger partial charge in [-0.05, 0) is 43.2 Å². The Kier molecular flexibility index (Phi) is 5.82. The number of halogens is 3. The molecule has 2 aromatic rings. The molecule has 0 bridgehead atoms. The quantitative estimate of drug-likeness (QED) is 0.608. The average Bonchev–Trinajstić information content (AvgIpc) is 3.22. The van der Waals surface area contributed by atoms with E-state index in [9.17, 15) is 22.8 Å². The predicted octanol–water partition coefficient (Wildman–Crippen LogP) is 3.78. The number of carbonyl (C=O) groups is 2. The number of ketones is 1. The van der Waals surface area contributed by atoms with E-state index in [2.05, 4.69) is 10.3 Å². The number of anilines is 2. The normalized spacial score (nSPS) is 13.8. The highest BCUT2D eigenvalue weighted by molar-refractivity contribution is 6.11. The van der Waals surface area contributed by atoms with Crippen LogP contribution in [0, 0.1) is 11.3 Å². The maximum Gasteiger partial charge on any atom is 0.418 e. The van der Waals surface area contributed by atoms with E-state index in [1.807, 2.05) is 0 Å². The number of benzene rings is 1. The molecule has 0 unspecified atom stereocenters. The molecular weight excluding hydrogens is 385 g/mol. The molecule has 0 saturated carbocycles. The van der Waals surface area contributed by atoms with Gasteiger partial charge >= 0.3 is 6.18 Å². The van der Waals surface area contributed by atoms with Crippen LogP contribution in [0.4, 0.5) is 24.5 Å². The monoisotopic (exact) mass is 402 g/mol. The number of rotatable bonds is 5. The minimum Gasteiger partial charge on any atom is -0.371 e. The van der Waals surface area contributed by atoms with Gasteiger partial charge in [0.25, 0.3) is 0 Å². The molecule has 3 rings (SSSR count). The number of carbonyl (C=O) groups excluding carboxylic acids is 2. The first-order chi connectivity index (χ1) is 13.8. The predicted molar refractivity (Wildman–Crippen MR) is 99.4 cm³/mol. The molecule has 1 N–H and O–H groups in total. The zero-order valence-electron chi connectivity index (χ0n) is 15.3. The van der Waals surface area contributed by atoms with Crippen molar-refractivity contribution in [2.75, 3.05) is 23.3 Å². The first-order valence-corrected chi connectivity index (χ1v) is 8.93. The molecular formula is C20H17F3N4O2. The second-order valence-electron chi connectivity index (χ2n) is 6.61. The molecule has 6 nitrogen and oxygen atoms in total. The maximum atomic E-state index is 13.5. The zero-order chi connectivity index (χ0) is 21.0. The summed E-state index contributed by atoms with van der Waals surface area (Å²) in [6.45, 7) is 1.11. The van der Waals surface area contributed by atoms with E-state index in [4.69, 9.17) is 5.26 Å². The number of nitrogens with zero attached hydrogens (tertiary/aromatic N) is 3. The number of hydrogen-bond acceptors (Lipinski definition) is 5. The van der Waals surface area contributed by atoms with E-state index in [1.165, 1.54) is 30.5 Å². The van der Waals surface area contributed by atoms with Crippen molar-refractivity contribution in [3.63, 3.8) is 0 Å². The van der Waals surface area contributed by atoms with Crippen LogP contribution in [-0.2, 0) is 11.0 Å². The van der Waals surface area contributed by atoms with E-state index in [1.54, 1.807) is 11.0 Å². The lowest BCUT2D eigenvalue weighted by molar-refractivity contribution is -0.137. The SMILES string of the molecule is N#Cc1cc(C(=O)CC(=O)Nc2ccc(N3CCCC3)c(C(F)(F)F)c2)ccn1. The second-order valence-corrected chi connectivity index (χ2v) is 6.61. The summed E-state index contributed by atoms with van der Waals surface area (Å²) in [6, 6.07) is 8.03. The molecule has 1 aliphatic heterocycles. The molecule has 1 saturated heterocycles. The third kappa shape index (κ3) is 4.90. The summed E-state index contributed by atoms with van der Waals surface area (Å²) in [5.74, 6) is -1.31. The summed E-state index contributed by atoms with van der Waals surface area (Å²) in [5, 5.41) is 11.2. The Morgan fingerprint density at radius 1 is 1.17 bits per heavy atom. The van der Waals surface area contributed by atoms with E-state index < -0.39 is 29.9 Å². The first kappa shape index (κ1) is 20.3. The fourth-order valence-electron chi connectivity index (χ4n) is 3.19. The van der Waals surface area contributed by atoms with Crippen molar-refractivity contribution in [1.82, 2.24) is 4.98 Å². The molecule has 2 heterocycles. The topological polar surface area (TPSA) is 86.1 Å². The van der Waals surface area contributed by atoms with Crippen molar-refractivity contribution < 1.29 is 22.8 Å². The van der Waals surface area contributed by atoms with Crippen LogP contribution in [0.1, 0.15) is 40.9 Å². The molecule has 1 fully saturated rings. The lowest BCUT2D eigenvalue weighted by Crippen LogP contribution is -2.23. The molecule has 1 amide bonds. The molecule has 0 spiro atoms. The van der Waals surface area contributed by atoms with Crippen LogP contribution in [0.3, 0.4) is 0 Å². The Bertz CT molecular complexity index is 976. The van der Waals surface area contributed by atoms with Crippen LogP contribution in [0.15, 0.2) is 36.5 Å². The van der Waals surface area contributed by atoms with E-state index in [0.717, 1.165) is 18.9 Å². The number of nitrogens with one attached hydrogen (secondary N) is 1. The van der Waals surface area contributed by atoms with Gasteiger partial charge in [0.2, 0.25) is 5.91 Å². The van der Waals surface area contributed by atoms with Crippen molar-refractivity contribution in [3.05, 3.63) is 53.3 Å². The Morgan fingerprint density at radius 2 is 1.90 bits per heavy atom. The lowest BCUT2D eigenvalue weighted by Gasteiger charge is -2.23. The first-order valence-electron chi connectivity index (χ1n) is 8.93. The average molecular weight is 402 g/mol. The van der Waals surface area contributed by atoms with Crippen LogP contribution >= 0.6 is 0 Å². The van der Waals surface area contributed by atoms with E-state index in [0.29, 0.717) is 13.1 Å². The van der Waals surface area contributed by atoms with Gasteiger partial charge < -0.3 is 10.2 Å². The Labute approximate surface area is 165 Å². The number of pyridine rings is 1. The largest absolute Gasteiger partial charge is 0.418 e. The molecule has 1 aliphatic rings. The van der Waals surface area contributed by atoms with Crippen LogP contribution in [0.25, 0.3) is 0 Å². The van der Waals surface area contributed by atoms with Crippen LogP contribution in [0.5, 0.6) is 0 Å². The van der Waals surface area contributed by atoms with Gasteiger partial charge in [0.05, 0.1) is 12.0 Å². The van der Waals surface area contributed by atoms with Crippen LogP contribution in [-0.4, -0.2) is 29.8 Å². The fourth-order valence-corrected chi connectivity index (χ4v) is 3.19. The highest BCUT2D eigenvalue weighted by Gasteiger charge is 2.35. The number of Topliss-reactive ketones (excluding diaryl/α,β-unsaturated/α-hetero) is 1. The number of amides is 1. The fraction of sp³-hybridized carbons (Fsp3) is 0.300. The maximum absolute atomic E-state index is 13.5. The Balaban J connectivity index is 1.74. The third-order valence-electron chi connectivity index (χ3n) is 4.55. The molecule has 29 heavy (non-hydrogen) atoms. The highest BCUT2D eigenvalue weighted by atomic mass is 19.4. The minimum atomic E-state index is -4.57. The number of aromatic nitrogens is 1. The Morgan fingerprint density at radius 3 is 2.55 bits per heavy atom. The number of hydrogen-bond donors (Lipinski definition) is 1. The van der Waals surface area contributed by atoms with Gasteiger partial charge in [-0.15, -0.1) is 0 Å². The summed E-state index contributed by atoms with van der Waals surface area (Å²) in [7, 11) is 0. The molecule has 1 aromatic carbocycles. The van der Waals surface area contributed by atoms with E-state index in [-0.39, 0.29) is 22.6 Å². The van der Waals surface area contributed by atoms with Gasteiger partial charge in [-0.3, -0.25) is 9.59 Å². The van der Waals surface area contributed by atoms with Crippen molar-refractivity contribution in [2.24, 2.45) is 0 Å². The summed E-state index contributed by atoms with van der Waals surface area (Å²) in [4.78, 5) is 29.7. The van der Waals surface area contributed by atoms with Crippen molar-refractivity contribution in [1.29, 1.82) is 5.26 Å². The molecule has 9 heteroatoms.